The smallest absolute Gasteiger partial charge is 0.261 e. The summed E-state index contributed by atoms with van der Waals surface area (Å²) in [5.74, 6) is -1.29. The van der Waals surface area contributed by atoms with Crippen LogP contribution in [0.1, 0.15) is 65.5 Å². The van der Waals surface area contributed by atoms with Crippen LogP contribution in [0.15, 0.2) is 72.8 Å². The quantitative estimate of drug-likeness (QED) is 0.295. The van der Waals surface area contributed by atoms with Crippen molar-refractivity contribution < 1.29 is 19.2 Å². The van der Waals surface area contributed by atoms with Gasteiger partial charge in [-0.2, -0.15) is 0 Å². The van der Waals surface area contributed by atoms with E-state index in [9.17, 15) is 19.2 Å². The first-order valence-corrected chi connectivity index (χ1v) is 14.2. The Bertz CT molecular complexity index is 1420. The van der Waals surface area contributed by atoms with Gasteiger partial charge in [0.2, 0.25) is 11.8 Å². The lowest BCUT2D eigenvalue weighted by atomic mass is 10.00. The van der Waals surface area contributed by atoms with Crippen molar-refractivity contribution in [3.8, 4) is 0 Å². The first-order chi connectivity index (χ1) is 19.4. The number of carbonyl (C=O) groups excluding carboxylic acids is 4. The van der Waals surface area contributed by atoms with Gasteiger partial charge in [0.1, 0.15) is 6.04 Å². The first kappa shape index (κ1) is 30.3. The second-order valence-corrected chi connectivity index (χ2v) is 11.9. The summed E-state index contributed by atoms with van der Waals surface area (Å²) in [7, 11) is 0. The number of rotatable bonds is 10. The van der Waals surface area contributed by atoms with Gasteiger partial charge in [0.15, 0.2) is 0 Å². The molecule has 3 aromatic rings. The van der Waals surface area contributed by atoms with Gasteiger partial charge < -0.3 is 10.2 Å². The van der Waals surface area contributed by atoms with Crippen molar-refractivity contribution in [1.82, 2.24) is 15.1 Å². The molecule has 0 aliphatic carbocycles. The molecule has 1 heterocycles. The number of nitrogens with zero attached hydrogens (tertiary/aromatic N) is 2. The lowest BCUT2D eigenvalue weighted by molar-refractivity contribution is -0.142. The van der Waals surface area contributed by atoms with Crippen LogP contribution in [-0.4, -0.2) is 51.6 Å². The van der Waals surface area contributed by atoms with Gasteiger partial charge in [-0.3, -0.25) is 24.1 Å². The van der Waals surface area contributed by atoms with E-state index in [1.54, 1.807) is 47.4 Å². The zero-order valence-corrected chi connectivity index (χ0v) is 24.8. The second-order valence-electron chi connectivity index (χ2n) is 11.1. The summed E-state index contributed by atoms with van der Waals surface area (Å²) in [6.07, 6.45) is 0.582. The van der Waals surface area contributed by atoms with Crippen molar-refractivity contribution in [3.05, 3.63) is 105 Å². The standard InChI is InChI=1S/C32H33Cl2N3O4/c1-32(2,3)35-29(39)27(19-21-10-5-4-6-11-21)37(20-22-15-16-25(33)26(34)18-22)28(38)14-9-17-36-30(40)23-12-7-8-13-24(23)31(36)41/h4-8,10-13,15-16,18,27H,9,14,17,19-20H2,1-3H3,(H,35,39)/t27-/m1/s1. The lowest BCUT2D eigenvalue weighted by Crippen LogP contribution is -2.54. The fraction of sp³-hybridized carbons (Fsp3) is 0.312. The minimum Gasteiger partial charge on any atom is -0.350 e. The molecule has 4 rings (SSSR count). The Morgan fingerprint density at radius 1 is 0.854 bits per heavy atom. The van der Waals surface area contributed by atoms with Gasteiger partial charge >= 0.3 is 0 Å². The summed E-state index contributed by atoms with van der Waals surface area (Å²) in [5, 5.41) is 3.76. The molecule has 9 heteroatoms. The van der Waals surface area contributed by atoms with Gasteiger partial charge in [-0.25, -0.2) is 0 Å². The molecule has 1 N–H and O–H groups in total. The molecule has 41 heavy (non-hydrogen) atoms. The van der Waals surface area contributed by atoms with Crippen LogP contribution in [0.4, 0.5) is 0 Å². The molecule has 1 aliphatic rings. The zero-order valence-electron chi connectivity index (χ0n) is 23.3. The maximum atomic E-state index is 13.9. The molecule has 0 unspecified atom stereocenters. The molecule has 0 fully saturated rings. The predicted molar refractivity (Wildman–Crippen MR) is 160 cm³/mol. The molecular formula is C32H33Cl2N3O4. The molecule has 1 aliphatic heterocycles. The minimum atomic E-state index is -0.821. The Kier molecular flexibility index (Phi) is 9.51. The molecular weight excluding hydrogens is 561 g/mol. The predicted octanol–water partition coefficient (Wildman–Crippen LogP) is 5.92. The average molecular weight is 595 g/mol. The molecule has 1 atom stereocenters. The average Bonchev–Trinajstić information content (AvgIpc) is 3.17. The van der Waals surface area contributed by atoms with E-state index in [1.807, 2.05) is 51.1 Å². The molecule has 0 bridgehead atoms. The van der Waals surface area contributed by atoms with E-state index in [2.05, 4.69) is 5.32 Å². The van der Waals surface area contributed by atoms with Gasteiger partial charge in [0.25, 0.3) is 11.8 Å². The molecule has 0 aromatic heterocycles. The van der Waals surface area contributed by atoms with Crippen LogP contribution in [0, 0.1) is 0 Å². The van der Waals surface area contributed by atoms with E-state index in [0.717, 1.165) is 11.1 Å². The van der Waals surface area contributed by atoms with Crippen molar-refractivity contribution in [1.29, 1.82) is 0 Å². The fourth-order valence-electron chi connectivity index (χ4n) is 4.82. The largest absolute Gasteiger partial charge is 0.350 e. The number of amides is 4. The Morgan fingerprint density at radius 2 is 1.46 bits per heavy atom. The second kappa shape index (κ2) is 12.9. The summed E-state index contributed by atoms with van der Waals surface area (Å²) >= 11 is 12.4. The van der Waals surface area contributed by atoms with Crippen LogP contribution in [-0.2, 0) is 22.6 Å². The van der Waals surface area contributed by atoms with Gasteiger partial charge in [-0.15, -0.1) is 0 Å². The maximum absolute atomic E-state index is 13.9. The number of hydrogen-bond donors (Lipinski definition) is 1. The summed E-state index contributed by atoms with van der Waals surface area (Å²) in [5.41, 5.74) is 1.84. The number of halogens is 2. The number of benzene rings is 3. The number of fused-ring (bicyclic) bond motifs is 1. The van der Waals surface area contributed by atoms with Crippen molar-refractivity contribution in [2.45, 2.75) is 58.2 Å². The topological polar surface area (TPSA) is 86.8 Å². The van der Waals surface area contributed by atoms with E-state index in [0.29, 0.717) is 27.6 Å². The summed E-state index contributed by atoms with van der Waals surface area (Å²) in [4.78, 5) is 55.8. The molecule has 0 saturated heterocycles. The third kappa shape index (κ3) is 7.54. The van der Waals surface area contributed by atoms with Gasteiger partial charge in [0, 0.05) is 31.5 Å². The number of carbonyl (C=O) groups is 4. The van der Waals surface area contributed by atoms with Crippen LogP contribution in [0.2, 0.25) is 10.0 Å². The van der Waals surface area contributed by atoms with Crippen molar-refractivity contribution in [3.63, 3.8) is 0 Å². The number of hydrogen-bond acceptors (Lipinski definition) is 4. The van der Waals surface area contributed by atoms with Gasteiger partial charge in [-0.1, -0.05) is 71.7 Å². The summed E-state index contributed by atoms with van der Waals surface area (Å²) in [6.45, 7) is 5.88. The summed E-state index contributed by atoms with van der Waals surface area (Å²) < 4.78 is 0. The van der Waals surface area contributed by atoms with Crippen molar-refractivity contribution in [2.24, 2.45) is 0 Å². The number of imide groups is 1. The monoisotopic (exact) mass is 593 g/mol. The zero-order chi connectivity index (χ0) is 29.7. The Morgan fingerprint density at radius 3 is 2.05 bits per heavy atom. The molecule has 3 aromatic carbocycles. The van der Waals surface area contributed by atoms with Crippen LogP contribution in [0.5, 0.6) is 0 Å². The minimum absolute atomic E-state index is 0.0306. The Balaban J connectivity index is 1.58. The highest BCUT2D eigenvalue weighted by atomic mass is 35.5. The van der Waals surface area contributed by atoms with E-state index in [1.165, 1.54) is 4.90 Å². The van der Waals surface area contributed by atoms with Crippen LogP contribution in [0.3, 0.4) is 0 Å². The van der Waals surface area contributed by atoms with Crippen molar-refractivity contribution in [2.75, 3.05) is 6.54 Å². The van der Waals surface area contributed by atoms with Gasteiger partial charge in [0.05, 0.1) is 21.2 Å². The van der Waals surface area contributed by atoms with Crippen LogP contribution >= 0.6 is 23.2 Å². The number of nitrogens with one attached hydrogen (secondary N) is 1. The van der Waals surface area contributed by atoms with Crippen LogP contribution in [0.25, 0.3) is 0 Å². The van der Waals surface area contributed by atoms with E-state index in [-0.39, 0.29) is 49.6 Å². The maximum Gasteiger partial charge on any atom is 0.261 e. The lowest BCUT2D eigenvalue weighted by Gasteiger charge is -2.34. The normalized spacial score (nSPS) is 13.6. The van der Waals surface area contributed by atoms with E-state index < -0.39 is 11.6 Å². The third-order valence-corrected chi connectivity index (χ3v) is 7.50. The van der Waals surface area contributed by atoms with Crippen molar-refractivity contribution >= 4 is 46.8 Å². The molecule has 214 valence electrons. The Hall–Kier alpha value is -3.68. The molecule has 0 saturated carbocycles. The highest BCUT2D eigenvalue weighted by Gasteiger charge is 2.36. The first-order valence-electron chi connectivity index (χ1n) is 13.5. The SMILES string of the molecule is CC(C)(C)NC(=O)[C@@H](Cc1ccccc1)N(Cc1ccc(Cl)c(Cl)c1)C(=O)CCCN1C(=O)c2ccccc2C1=O. The molecule has 7 nitrogen and oxygen atoms in total. The fourth-order valence-corrected chi connectivity index (χ4v) is 5.14. The van der Waals surface area contributed by atoms with Crippen LogP contribution < -0.4 is 5.32 Å². The molecule has 4 amide bonds. The third-order valence-electron chi connectivity index (χ3n) is 6.76. The highest BCUT2D eigenvalue weighted by molar-refractivity contribution is 6.42. The van der Waals surface area contributed by atoms with E-state index in [4.69, 9.17) is 23.2 Å². The molecule has 0 radical (unpaired) electrons. The molecule has 0 spiro atoms. The van der Waals surface area contributed by atoms with Gasteiger partial charge in [-0.05, 0) is 62.6 Å². The Labute approximate surface area is 250 Å². The van der Waals surface area contributed by atoms with E-state index >= 15 is 0 Å². The summed E-state index contributed by atoms with van der Waals surface area (Å²) in [6, 6.07) is 20.5. The highest BCUT2D eigenvalue weighted by Crippen LogP contribution is 2.26.